The summed E-state index contributed by atoms with van der Waals surface area (Å²) in [7, 11) is -3.02. The van der Waals surface area contributed by atoms with E-state index in [-0.39, 0.29) is 12.1 Å². The number of esters is 1. The number of carbonyl (C=O) groups is 1. The van der Waals surface area contributed by atoms with Crippen molar-refractivity contribution in [1.29, 1.82) is 0 Å². The lowest BCUT2D eigenvalue weighted by atomic mass is 10.3. The molecule has 0 rings (SSSR count). The number of ether oxygens (including phenoxy) is 1. The van der Waals surface area contributed by atoms with Crippen LogP contribution in [-0.4, -0.2) is 32.0 Å². The van der Waals surface area contributed by atoms with Crippen LogP contribution in [0.2, 0.25) is 0 Å². The van der Waals surface area contributed by atoms with Gasteiger partial charge in [-0.3, -0.25) is 4.57 Å². The maximum Gasteiger partial charge on any atom is 0.334 e. The molecule has 0 saturated carbocycles. The van der Waals surface area contributed by atoms with Crippen molar-refractivity contribution in [2.45, 2.75) is 27.7 Å². The Morgan fingerprint density at radius 1 is 1.00 bits per heavy atom. The summed E-state index contributed by atoms with van der Waals surface area (Å²) < 4.78 is 27.3. The molecule has 0 aromatic carbocycles. The minimum absolute atomic E-state index is 0.222. The highest BCUT2D eigenvalue weighted by atomic mass is 31.2. The first-order valence-electron chi connectivity index (χ1n) is 7.04. The van der Waals surface area contributed by atoms with Crippen LogP contribution < -0.4 is 0 Å². The van der Waals surface area contributed by atoms with Crippen LogP contribution in [0.15, 0.2) is 36.0 Å². The van der Waals surface area contributed by atoms with Crippen LogP contribution in [0.25, 0.3) is 0 Å². The van der Waals surface area contributed by atoms with Gasteiger partial charge in [0.1, 0.15) is 0 Å². The second kappa shape index (κ2) is 11.5. The van der Waals surface area contributed by atoms with Crippen molar-refractivity contribution in [2.24, 2.45) is 0 Å². The van der Waals surface area contributed by atoms with Crippen LogP contribution in [0.1, 0.15) is 27.7 Å². The summed E-state index contributed by atoms with van der Waals surface area (Å²) in [5, 5.41) is 0. The average Bonchev–Trinajstić information content (AvgIpc) is 2.43. The van der Waals surface area contributed by atoms with Crippen LogP contribution in [-0.2, 0) is 23.1 Å². The van der Waals surface area contributed by atoms with E-state index in [1.54, 1.807) is 58.1 Å². The van der Waals surface area contributed by atoms with Crippen LogP contribution in [0.3, 0.4) is 0 Å². The Hall–Kier alpha value is -1.16. The van der Waals surface area contributed by atoms with Gasteiger partial charge in [0.25, 0.3) is 0 Å². The van der Waals surface area contributed by atoms with Gasteiger partial charge in [-0.05, 0) is 27.7 Å². The largest absolute Gasteiger partial charge is 0.463 e. The predicted molar refractivity (Wildman–Crippen MR) is 84.4 cm³/mol. The van der Waals surface area contributed by atoms with Gasteiger partial charge in [0.15, 0.2) is 0 Å². The highest BCUT2D eigenvalue weighted by Crippen LogP contribution is 2.47. The van der Waals surface area contributed by atoms with Crippen molar-refractivity contribution in [2.75, 3.05) is 26.0 Å². The normalized spacial score (nSPS) is 13.2. The minimum Gasteiger partial charge on any atom is -0.463 e. The molecule has 0 aromatic heterocycles. The summed E-state index contributed by atoms with van der Waals surface area (Å²) in [5.41, 5.74) is 0.524. The van der Waals surface area contributed by atoms with Gasteiger partial charge >= 0.3 is 13.6 Å². The van der Waals surface area contributed by atoms with Gasteiger partial charge in [-0.15, -0.1) is 0 Å². The summed E-state index contributed by atoms with van der Waals surface area (Å²) >= 11 is 0. The molecule has 21 heavy (non-hydrogen) atoms. The van der Waals surface area contributed by atoms with Gasteiger partial charge in [0, 0.05) is 5.57 Å². The minimum atomic E-state index is -3.02. The van der Waals surface area contributed by atoms with Crippen LogP contribution in [0.4, 0.5) is 0 Å². The first kappa shape index (κ1) is 19.8. The van der Waals surface area contributed by atoms with Gasteiger partial charge in [-0.25, -0.2) is 4.79 Å². The SMILES string of the molecule is CCOC(=O)/C(C)=C/C=C/C=C/CP(=O)(OCC)OCC. The van der Waals surface area contributed by atoms with Crippen molar-refractivity contribution in [3.05, 3.63) is 36.0 Å². The van der Waals surface area contributed by atoms with Gasteiger partial charge in [-0.2, -0.15) is 0 Å². The van der Waals surface area contributed by atoms with Crippen molar-refractivity contribution >= 4 is 13.6 Å². The van der Waals surface area contributed by atoms with Crippen molar-refractivity contribution in [3.63, 3.8) is 0 Å². The maximum absolute atomic E-state index is 12.1. The molecule has 120 valence electrons. The van der Waals surface area contributed by atoms with Gasteiger partial charge in [0.05, 0.1) is 26.0 Å². The zero-order valence-electron chi connectivity index (χ0n) is 13.2. The van der Waals surface area contributed by atoms with Crippen LogP contribution in [0, 0.1) is 0 Å². The second-order valence-electron chi connectivity index (χ2n) is 4.01. The first-order valence-corrected chi connectivity index (χ1v) is 8.77. The molecular weight excluding hydrogens is 291 g/mol. The molecule has 0 spiro atoms. The Morgan fingerprint density at radius 3 is 2.14 bits per heavy atom. The summed E-state index contributed by atoms with van der Waals surface area (Å²) in [4.78, 5) is 11.3. The van der Waals surface area contributed by atoms with Gasteiger partial charge in [0.2, 0.25) is 0 Å². The molecule has 5 nitrogen and oxygen atoms in total. The number of hydrogen-bond acceptors (Lipinski definition) is 5. The number of rotatable bonds is 10. The molecule has 0 amide bonds. The van der Waals surface area contributed by atoms with Crippen molar-refractivity contribution in [1.82, 2.24) is 0 Å². The summed E-state index contributed by atoms with van der Waals surface area (Å²) in [6, 6.07) is 0. The summed E-state index contributed by atoms with van der Waals surface area (Å²) in [5.74, 6) is -0.330. The molecule has 0 N–H and O–H groups in total. The molecule has 0 fully saturated rings. The Balaban J connectivity index is 4.38. The topological polar surface area (TPSA) is 61.8 Å². The van der Waals surface area contributed by atoms with E-state index in [2.05, 4.69) is 0 Å². The van der Waals surface area contributed by atoms with E-state index in [1.165, 1.54) is 0 Å². The summed E-state index contributed by atoms with van der Waals surface area (Å²) in [6.45, 7) is 8.06. The zero-order chi connectivity index (χ0) is 16.1. The van der Waals surface area contributed by atoms with Crippen molar-refractivity contribution in [3.8, 4) is 0 Å². The fourth-order valence-electron chi connectivity index (χ4n) is 1.38. The zero-order valence-corrected chi connectivity index (χ0v) is 14.1. The third-order valence-electron chi connectivity index (χ3n) is 2.28. The molecule has 0 atom stereocenters. The Bertz CT molecular complexity index is 427. The highest BCUT2D eigenvalue weighted by Gasteiger charge is 2.20. The van der Waals surface area contributed by atoms with Gasteiger partial charge < -0.3 is 13.8 Å². The molecule has 0 unspecified atom stereocenters. The smallest absolute Gasteiger partial charge is 0.334 e. The molecule has 0 aliphatic carbocycles. The lowest BCUT2D eigenvalue weighted by Gasteiger charge is -2.14. The van der Waals surface area contributed by atoms with E-state index in [1.807, 2.05) is 0 Å². The molecule has 0 saturated heterocycles. The molecule has 0 bridgehead atoms. The molecule has 0 aliphatic heterocycles. The lowest BCUT2D eigenvalue weighted by Crippen LogP contribution is -2.04. The fourth-order valence-corrected chi connectivity index (χ4v) is 2.83. The molecule has 0 heterocycles. The van der Waals surface area contributed by atoms with Crippen LogP contribution >= 0.6 is 7.60 Å². The van der Waals surface area contributed by atoms with E-state index in [0.717, 1.165) is 0 Å². The third-order valence-corrected chi connectivity index (χ3v) is 4.24. The Morgan fingerprint density at radius 2 is 1.62 bits per heavy atom. The molecule has 0 aliphatic rings. The standard InChI is InChI=1S/C15H25O5P/c1-5-18-15(16)14(4)12-10-8-9-11-13-21(17,19-6-2)20-7-3/h8-12H,5-7,13H2,1-4H3/b10-8+,11-9+,14-12+. The van der Waals surface area contributed by atoms with E-state index in [4.69, 9.17) is 13.8 Å². The lowest BCUT2D eigenvalue weighted by molar-refractivity contribution is -0.138. The highest BCUT2D eigenvalue weighted by molar-refractivity contribution is 7.54. The average molecular weight is 316 g/mol. The van der Waals surface area contributed by atoms with E-state index in [9.17, 15) is 9.36 Å². The van der Waals surface area contributed by atoms with Gasteiger partial charge in [-0.1, -0.05) is 30.4 Å². The van der Waals surface area contributed by atoms with E-state index < -0.39 is 7.60 Å². The Kier molecular flexibility index (Phi) is 10.9. The van der Waals surface area contributed by atoms with Crippen LogP contribution in [0.5, 0.6) is 0 Å². The van der Waals surface area contributed by atoms with E-state index >= 15 is 0 Å². The Labute approximate surface area is 127 Å². The molecule has 0 radical (unpaired) electrons. The predicted octanol–water partition coefficient (Wildman–Crippen LogP) is 3.87. The molecule has 0 aromatic rings. The maximum atomic E-state index is 12.1. The molecular formula is C15H25O5P. The second-order valence-corrected chi connectivity index (χ2v) is 6.12. The van der Waals surface area contributed by atoms with Crippen molar-refractivity contribution < 1.29 is 23.1 Å². The third kappa shape index (κ3) is 9.40. The number of carbonyl (C=O) groups excluding carboxylic acids is 1. The quantitative estimate of drug-likeness (QED) is 0.265. The first-order chi connectivity index (χ1) is 9.99. The monoisotopic (exact) mass is 316 g/mol. The fraction of sp³-hybridized carbons (Fsp3) is 0.533. The number of hydrogen-bond donors (Lipinski definition) is 0. The number of allylic oxidation sites excluding steroid dienone is 5. The van der Waals surface area contributed by atoms with E-state index in [0.29, 0.717) is 25.4 Å². The molecule has 6 heteroatoms. The summed E-state index contributed by atoms with van der Waals surface area (Å²) in [6.07, 6.45) is 8.79.